The Hall–Kier alpha value is -3.02. The Morgan fingerprint density at radius 1 is 1.16 bits per heavy atom. The van der Waals surface area contributed by atoms with Gasteiger partial charge in [-0.25, -0.2) is 4.79 Å². The van der Waals surface area contributed by atoms with Crippen molar-refractivity contribution in [3.63, 3.8) is 0 Å². The number of aromatic nitrogens is 1. The van der Waals surface area contributed by atoms with Gasteiger partial charge in [-0.15, -0.1) is 0 Å². The highest BCUT2D eigenvalue weighted by molar-refractivity contribution is 5.77. The lowest BCUT2D eigenvalue weighted by atomic mass is 10.1. The number of aromatic amines is 1. The Bertz CT molecular complexity index is 926. The third-order valence-electron chi connectivity index (χ3n) is 3.99. The topological polar surface area (TPSA) is 84.3 Å². The number of hydrogen-bond donors (Lipinski definition) is 2. The van der Waals surface area contributed by atoms with Crippen molar-refractivity contribution in [3.05, 3.63) is 64.1 Å². The van der Waals surface area contributed by atoms with Gasteiger partial charge < -0.3 is 14.5 Å². The molecule has 0 aliphatic heterocycles. The molecule has 2 N–H and O–H groups in total. The highest BCUT2D eigenvalue weighted by Crippen LogP contribution is 2.14. The first-order valence-electron chi connectivity index (χ1n) is 8.15. The zero-order valence-electron chi connectivity index (χ0n) is 14.0. The van der Waals surface area contributed by atoms with Gasteiger partial charge in [-0.05, 0) is 48.2 Å². The average molecular weight is 340 g/mol. The Morgan fingerprint density at radius 2 is 2.00 bits per heavy atom. The van der Waals surface area contributed by atoms with Crippen molar-refractivity contribution in [2.24, 2.45) is 0 Å². The summed E-state index contributed by atoms with van der Waals surface area (Å²) >= 11 is 0. The number of benzene rings is 2. The van der Waals surface area contributed by atoms with Crippen molar-refractivity contribution >= 4 is 17.0 Å². The van der Waals surface area contributed by atoms with Gasteiger partial charge in [-0.2, -0.15) is 0 Å². The van der Waals surface area contributed by atoms with Crippen molar-refractivity contribution in [3.8, 4) is 5.75 Å². The number of methoxy groups -OCH3 is 1. The molecule has 0 saturated heterocycles. The lowest BCUT2D eigenvalue weighted by molar-refractivity contribution is -0.121. The molecular weight excluding hydrogens is 320 g/mol. The fraction of sp³-hybridized carbons (Fsp3) is 0.263. The second kappa shape index (κ2) is 7.70. The Morgan fingerprint density at radius 3 is 2.84 bits per heavy atom. The van der Waals surface area contributed by atoms with Gasteiger partial charge in [0.2, 0.25) is 5.91 Å². The summed E-state index contributed by atoms with van der Waals surface area (Å²) in [5.74, 6) is 0.350. The minimum atomic E-state index is -0.470. The lowest BCUT2D eigenvalue weighted by Crippen LogP contribution is -2.25. The van der Waals surface area contributed by atoms with E-state index in [4.69, 9.17) is 9.15 Å². The number of fused-ring (bicyclic) bond motifs is 1. The van der Waals surface area contributed by atoms with Crippen LogP contribution in [0, 0.1) is 0 Å². The van der Waals surface area contributed by atoms with E-state index in [-0.39, 0.29) is 5.91 Å². The normalized spacial score (nSPS) is 10.8. The van der Waals surface area contributed by atoms with E-state index >= 15 is 0 Å². The first-order chi connectivity index (χ1) is 12.1. The molecule has 1 aromatic heterocycles. The number of carbonyl (C=O) groups excluding carboxylic acids is 1. The van der Waals surface area contributed by atoms with E-state index in [1.165, 1.54) is 0 Å². The molecule has 1 heterocycles. The van der Waals surface area contributed by atoms with Crippen LogP contribution >= 0.6 is 0 Å². The first kappa shape index (κ1) is 16.8. The van der Waals surface area contributed by atoms with Gasteiger partial charge in [0, 0.05) is 13.0 Å². The molecule has 6 nitrogen and oxygen atoms in total. The van der Waals surface area contributed by atoms with E-state index in [1.807, 2.05) is 36.4 Å². The third kappa shape index (κ3) is 4.50. The molecular formula is C19H20N2O4. The van der Waals surface area contributed by atoms with Gasteiger partial charge in [-0.1, -0.05) is 18.2 Å². The van der Waals surface area contributed by atoms with Gasteiger partial charge in [0.1, 0.15) is 5.75 Å². The molecule has 0 unspecified atom stereocenters. The summed E-state index contributed by atoms with van der Waals surface area (Å²) in [5, 5.41) is 2.92. The molecule has 6 heteroatoms. The molecule has 3 aromatic rings. The number of aryl methyl sites for hydroxylation is 1. The van der Waals surface area contributed by atoms with E-state index in [2.05, 4.69) is 10.3 Å². The number of nitrogens with one attached hydrogen (secondary N) is 2. The summed E-state index contributed by atoms with van der Waals surface area (Å²) < 4.78 is 10.1. The standard InChI is InChI=1S/C19H20N2O4/c1-24-15-4-2-3-13(11-15)9-10-20-18(22)8-6-14-5-7-17-16(12-14)21-19(23)25-17/h2-5,7,11-12H,6,8-10H2,1H3,(H,20,22)(H,21,23). The summed E-state index contributed by atoms with van der Waals surface area (Å²) in [4.78, 5) is 25.7. The largest absolute Gasteiger partial charge is 0.497 e. The fourth-order valence-electron chi connectivity index (χ4n) is 2.68. The summed E-state index contributed by atoms with van der Waals surface area (Å²) in [6.45, 7) is 0.583. The average Bonchev–Trinajstić information content (AvgIpc) is 2.99. The van der Waals surface area contributed by atoms with Gasteiger partial charge in [-0.3, -0.25) is 9.78 Å². The van der Waals surface area contributed by atoms with Gasteiger partial charge >= 0.3 is 5.76 Å². The zero-order valence-corrected chi connectivity index (χ0v) is 14.0. The Balaban J connectivity index is 1.46. The van der Waals surface area contributed by atoms with Crippen LogP contribution < -0.4 is 15.8 Å². The predicted molar refractivity (Wildman–Crippen MR) is 94.9 cm³/mol. The second-order valence-electron chi connectivity index (χ2n) is 5.80. The van der Waals surface area contributed by atoms with Crippen LogP contribution in [0.4, 0.5) is 0 Å². The minimum absolute atomic E-state index is 0.00341. The number of oxazole rings is 1. The molecule has 0 saturated carbocycles. The zero-order chi connectivity index (χ0) is 17.6. The number of amides is 1. The van der Waals surface area contributed by atoms with E-state index < -0.39 is 5.76 Å². The molecule has 2 aromatic carbocycles. The van der Waals surface area contributed by atoms with Gasteiger partial charge in [0.05, 0.1) is 12.6 Å². The van der Waals surface area contributed by atoms with Crippen molar-refractivity contribution < 1.29 is 13.9 Å². The summed E-state index contributed by atoms with van der Waals surface area (Å²) in [5.41, 5.74) is 3.28. The van der Waals surface area contributed by atoms with Crippen LogP contribution in [-0.2, 0) is 17.6 Å². The summed E-state index contributed by atoms with van der Waals surface area (Å²) in [6.07, 6.45) is 1.75. The van der Waals surface area contributed by atoms with Crippen LogP contribution in [0.3, 0.4) is 0 Å². The molecule has 0 aliphatic carbocycles. The third-order valence-corrected chi connectivity index (χ3v) is 3.99. The molecule has 0 fully saturated rings. The Labute approximate surface area is 144 Å². The van der Waals surface area contributed by atoms with Crippen LogP contribution in [0.1, 0.15) is 17.5 Å². The lowest BCUT2D eigenvalue weighted by Gasteiger charge is -2.07. The highest BCUT2D eigenvalue weighted by atomic mass is 16.5. The van der Waals surface area contributed by atoms with Crippen molar-refractivity contribution in [1.29, 1.82) is 0 Å². The minimum Gasteiger partial charge on any atom is -0.497 e. The number of carbonyl (C=O) groups is 1. The van der Waals surface area contributed by atoms with Crippen LogP contribution in [-0.4, -0.2) is 24.5 Å². The van der Waals surface area contributed by atoms with Crippen LogP contribution in [0.25, 0.3) is 11.1 Å². The molecule has 0 radical (unpaired) electrons. The van der Waals surface area contributed by atoms with Crippen molar-refractivity contribution in [2.45, 2.75) is 19.3 Å². The van der Waals surface area contributed by atoms with Crippen LogP contribution in [0.5, 0.6) is 5.75 Å². The molecule has 0 aliphatic rings. The number of rotatable bonds is 7. The molecule has 0 bridgehead atoms. The smallest absolute Gasteiger partial charge is 0.417 e. The van der Waals surface area contributed by atoms with Crippen molar-refractivity contribution in [1.82, 2.24) is 10.3 Å². The van der Waals surface area contributed by atoms with Crippen LogP contribution in [0.2, 0.25) is 0 Å². The summed E-state index contributed by atoms with van der Waals surface area (Å²) in [6, 6.07) is 13.2. The molecule has 1 amide bonds. The van der Waals surface area contributed by atoms with Crippen molar-refractivity contribution in [2.75, 3.05) is 13.7 Å². The quantitative estimate of drug-likeness (QED) is 0.692. The molecule has 130 valence electrons. The molecule has 25 heavy (non-hydrogen) atoms. The SMILES string of the molecule is COc1cccc(CCNC(=O)CCc2ccc3oc(=O)[nH]c3c2)c1. The predicted octanol–water partition coefficient (Wildman–Crippen LogP) is 2.42. The molecule has 3 rings (SSSR count). The molecule has 0 spiro atoms. The molecule has 0 atom stereocenters. The number of hydrogen-bond acceptors (Lipinski definition) is 4. The fourth-order valence-corrected chi connectivity index (χ4v) is 2.68. The Kier molecular flexibility index (Phi) is 5.18. The maximum atomic E-state index is 12.0. The second-order valence-corrected chi connectivity index (χ2v) is 5.80. The van der Waals surface area contributed by atoms with E-state index in [0.29, 0.717) is 30.5 Å². The van der Waals surface area contributed by atoms with Gasteiger partial charge in [0.15, 0.2) is 5.58 Å². The summed E-state index contributed by atoms with van der Waals surface area (Å²) in [7, 11) is 1.64. The van der Waals surface area contributed by atoms with E-state index in [9.17, 15) is 9.59 Å². The maximum absolute atomic E-state index is 12.0. The maximum Gasteiger partial charge on any atom is 0.417 e. The first-order valence-corrected chi connectivity index (χ1v) is 8.15. The van der Waals surface area contributed by atoms with Crippen LogP contribution in [0.15, 0.2) is 51.7 Å². The number of ether oxygens (including phenoxy) is 1. The van der Waals surface area contributed by atoms with E-state index in [0.717, 1.165) is 23.3 Å². The highest BCUT2D eigenvalue weighted by Gasteiger charge is 2.05. The van der Waals surface area contributed by atoms with Gasteiger partial charge in [0.25, 0.3) is 0 Å². The number of H-pyrrole nitrogens is 1. The van der Waals surface area contributed by atoms with E-state index in [1.54, 1.807) is 13.2 Å². The monoisotopic (exact) mass is 340 g/mol.